The maximum absolute atomic E-state index is 12.0. The van der Waals surface area contributed by atoms with Gasteiger partial charge in [-0.2, -0.15) is 5.26 Å². The SMILES string of the molecule is N#Cc1ccc(C(Oc2ccc3c(c2)OCCC3=O)c2ccnc(Cl)c2)cc1. The van der Waals surface area contributed by atoms with Crippen LogP contribution in [0.4, 0.5) is 0 Å². The van der Waals surface area contributed by atoms with Gasteiger partial charge in [0.05, 0.1) is 23.8 Å². The Morgan fingerprint density at radius 1 is 1.11 bits per heavy atom. The summed E-state index contributed by atoms with van der Waals surface area (Å²) < 4.78 is 11.9. The zero-order valence-corrected chi connectivity index (χ0v) is 15.5. The van der Waals surface area contributed by atoms with E-state index in [0.717, 1.165) is 11.1 Å². The van der Waals surface area contributed by atoms with E-state index in [1.165, 1.54) is 0 Å². The van der Waals surface area contributed by atoms with E-state index in [4.69, 9.17) is 26.3 Å². The molecule has 1 aromatic heterocycles. The third-order valence-corrected chi connectivity index (χ3v) is 4.70. The highest BCUT2D eigenvalue weighted by Crippen LogP contribution is 2.34. The number of halogens is 1. The van der Waals surface area contributed by atoms with Crippen molar-refractivity contribution in [2.45, 2.75) is 12.5 Å². The number of Topliss-reactive ketones (excluding diaryl/α,β-unsaturated/α-hetero) is 1. The third kappa shape index (κ3) is 3.68. The van der Waals surface area contributed by atoms with Gasteiger partial charge < -0.3 is 9.47 Å². The maximum Gasteiger partial charge on any atom is 0.169 e. The van der Waals surface area contributed by atoms with Crippen molar-refractivity contribution in [3.63, 3.8) is 0 Å². The number of fused-ring (bicyclic) bond motifs is 1. The zero-order valence-electron chi connectivity index (χ0n) is 14.8. The summed E-state index contributed by atoms with van der Waals surface area (Å²) >= 11 is 6.07. The van der Waals surface area contributed by atoms with E-state index in [-0.39, 0.29) is 5.78 Å². The monoisotopic (exact) mass is 390 g/mol. The molecule has 0 amide bonds. The summed E-state index contributed by atoms with van der Waals surface area (Å²) in [7, 11) is 0. The van der Waals surface area contributed by atoms with E-state index in [2.05, 4.69) is 11.1 Å². The van der Waals surface area contributed by atoms with Crippen molar-refractivity contribution < 1.29 is 14.3 Å². The quantitative estimate of drug-likeness (QED) is 0.601. The van der Waals surface area contributed by atoms with Gasteiger partial charge in [0, 0.05) is 24.2 Å². The number of benzene rings is 2. The number of carbonyl (C=O) groups is 1. The van der Waals surface area contributed by atoms with Gasteiger partial charge in [0.25, 0.3) is 0 Å². The molecule has 1 aliphatic rings. The number of ether oxygens (including phenoxy) is 2. The van der Waals surface area contributed by atoms with Crippen molar-refractivity contribution in [1.29, 1.82) is 5.26 Å². The lowest BCUT2D eigenvalue weighted by molar-refractivity contribution is 0.0933. The van der Waals surface area contributed by atoms with Gasteiger partial charge in [-0.25, -0.2) is 4.98 Å². The fraction of sp³-hybridized carbons (Fsp3) is 0.136. The van der Waals surface area contributed by atoms with E-state index in [1.54, 1.807) is 42.6 Å². The van der Waals surface area contributed by atoms with Crippen LogP contribution in [0.1, 0.15) is 39.6 Å². The Bertz CT molecular complexity index is 1070. The first-order valence-corrected chi connectivity index (χ1v) is 9.10. The number of hydrogen-bond donors (Lipinski definition) is 0. The molecule has 0 spiro atoms. The lowest BCUT2D eigenvalue weighted by Crippen LogP contribution is -2.15. The zero-order chi connectivity index (χ0) is 19.5. The predicted molar refractivity (Wildman–Crippen MR) is 104 cm³/mol. The molecule has 0 radical (unpaired) electrons. The van der Waals surface area contributed by atoms with Crippen LogP contribution in [-0.2, 0) is 0 Å². The van der Waals surface area contributed by atoms with Crippen LogP contribution in [0.3, 0.4) is 0 Å². The molecule has 0 N–H and O–H groups in total. The van der Waals surface area contributed by atoms with Crippen molar-refractivity contribution in [2.24, 2.45) is 0 Å². The first kappa shape index (κ1) is 18.0. The topological polar surface area (TPSA) is 72.2 Å². The van der Waals surface area contributed by atoms with Crippen LogP contribution in [0.25, 0.3) is 0 Å². The molecular formula is C22H15ClN2O3. The number of nitrogens with zero attached hydrogens (tertiary/aromatic N) is 2. The number of ketones is 1. The molecule has 6 heteroatoms. The van der Waals surface area contributed by atoms with Crippen molar-refractivity contribution in [1.82, 2.24) is 4.98 Å². The Balaban J connectivity index is 1.71. The van der Waals surface area contributed by atoms with Crippen molar-refractivity contribution in [3.8, 4) is 17.6 Å². The van der Waals surface area contributed by atoms with Crippen LogP contribution in [0.15, 0.2) is 60.8 Å². The standard InChI is InChI=1S/C22H15ClN2O3/c23-21-11-16(7-9-25-21)22(15-3-1-14(13-24)2-4-15)28-17-5-6-18-19(26)8-10-27-20(18)12-17/h1-7,9,11-12,22H,8,10H2. The predicted octanol–water partition coefficient (Wildman–Crippen LogP) is 4.74. The number of aromatic nitrogens is 1. The van der Waals surface area contributed by atoms with Crippen molar-refractivity contribution in [2.75, 3.05) is 6.61 Å². The lowest BCUT2D eigenvalue weighted by Gasteiger charge is -2.22. The van der Waals surface area contributed by atoms with Gasteiger partial charge >= 0.3 is 0 Å². The summed E-state index contributed by atoms with van der Waals surface area (Å²) in [5.41, 5.74) is 2.81. The van der Waals surface area contributed by atoms with Gasteiger partial charge in [0.1, 0.15) is 22.8 Å². The Kier molecular flexibility index (Phi) is 4.96. The molecule has 1 aliphatic heterocycles. The summed E-state index contributed by atoms with van der Waals surface area (Å²) in [6, 6.07) is 18.0. The molecule has 1 atom stereocenters. The van der Waals surface area contributed by atoms with Gasteiger partial charge in [-0.15, -0.1) is 0 Å². The van der Waals surface area contributed by atoms with Crippen molar-refractivity contribution >= 4 is 17.4 Å². The van der Waals surface area contributed by atoms with Gasteiger partial charge in [0.2, 0.25) is 0 Å². The maximum atomic E-state index is 12.0. The second-order valence-corrected chi connectivity index (χ2v) is 6.71. The number of hydrogen-bond acceptors (Lipinski definition) is 5. The van der Waals surface area contributed by atoms with E-state index < -0.39 is 6.10 Å². The molecule has 5 nitrogen and oxygen atoms in total. The van der Waals surface area contributed by atoms with Crippen molar-refractivity contribution in [3.05, 3.63) is 88.2 Å². The van der Waals surface area contributed by atoms with Crippen LogP contribution in [0, 0.1) is 11.3 Å². The van der Waals surface area contributed by atoms with Gasteiger partial charge in [0.15, 0.2) is 5.78 Å². The fourth-order valence-corrected chi connectivity index (χ4v) is 3.27. The van der Waals surface area contributed by atoms with Gasteiger partial charge in [-0.1, -0.05) is 23.7 Å². The van der Waals surface area contributed by atoms with E-state index in [0.29, 0.717) is 40.8 Å². The van der Waals surface area contributed by atoms with Crippen LogP contribution >= 0.6 is 11.6 Å². The Hall–Kier alpha value is -3.36. The minimum Gasteiger partial charge on any atom is -0.492 e. The molecule has 4 rings (SSSR count). The summed E-state index contributed by atoms with van der Waals surface area (Å²) in [6.45, 7) is 0.369. The number of carbonyl (C=O) groups excluding carboxylic acids is 1. The van der Waals surface area contributed by atoms with Crippen LogP contribution in [0.5, 0.6) is 11.5 Å². The molecule has 0 aliphatic carbocycles. The molecule has 138 valence electrons. The molecule has 0 saturated carbocycles. The highest BCUT2D eigenvalue weighted by molar-refractivity contribution is 6.29. The molecule has 2 aromatic carbocycles. The van der Waals surface area contributed by atoms with E-state index >= 15 is 0 Å². The minimum atomic E-state index is -0.467. The average Bonchev–Trinajstić information content (AvgIpc) is 2.72. The molecular weight excluding hydrogens is 376 g/mol. The van der Waals surface area contributed by atoms with Gasteiger partial charge in [-0.3, -0.25) is 4.79 Å². The van der Waals surface area contributed by atoms with Gasteiger partial charge in [-0.05, 0) is 42.0 Å². The molecule has 1 unspecified atom stereocenters. The molecule has 2 heterocycles. The minimum absolute atomic E-state index is 0.0670. The molecule has 3 aromatic rings. The second kappa shape index (κ2) is 7.71. The Morgan fingerprint density at radius 3 is 2.68 bits per heavy atom. The van der Waals surface area contributed by atoms with Crippen LogP contribution in [0.2, 0.25) is 5.15 Å². The van der Waals surface area contributed by atoms with E-state index in [1.807, 2.05) is 18.2 Å². The summed E-state index contributed by atoms with van der Waals surface area (Å²) in [6.07, 6.45) is 1.54. The number of nitriles is 1. The largest absolute Gasteiger partial charge is 0.492 e. The summed E-state index contributed by atoms with van der Waals surface area (Å²) in [5.74, 6) is 1.16. The first-order valence-electron chi connectivity index (χ1n) is 8.72. The Morgan fingerprint density at radius 2 is 1.93 bits per heavy atom. The molecule has 28 heavy (non-hydrogen) atoms. The summed E-state index contributed by atoms with van der Waals surface area (Å²) in [5, 5.41) is 9.40. The molecule has 0 fully saturated rings. The third-order valence-electron chi connectivity index (χ3n) is 4.49. The Labute approximate surface area is 167 Å². The fourth-order valence-electron chi connectivity index (χ4n) is 3.09. The highest BCUT2D eigenvalue weighted by atomic mass is 35.5. The normalized spacial score (nSPS) is 13.8. The van der Waals surface area contributed by atoms with Crippen LogP contribution < -0.4 is 9.47 Å². The first-order chi connectivity index (χ1) is 13.6. The second-order valence-electron chi connectivity index (χ2n) is 6.32. The molecule has 0 saturated heterocycles. The van der Waals surface area contributed by atoms with E-state index in [9.17, 15) is 4.79 Å². The number of pyridine rings is 1. The summed E-state index contributed by atoms with van der Waals surface area (Å²) in [4.78, 5) is 16.0. The average molecular weight is 391 g/mol. The lowest BCUT2D eigenvalue weighted by atomic mass is 10.0. The number of rotatable bonds is 4. The smallest absolute Gasteiger partial charge is 0.169 e. The highest BCUT2D eigenvalue weighted by Gasteiger charge is 2.21. The van der Waals surface area contributed by atoms with Crippen LogP contribution in [-0.4, -0.2) is 17.4 Å². The molecule has 0 bridgehead atoms.